The molecule has 1 aromatic heterocycles. The average Bonchev–Trinajstić information content (AvgIpc) is 3.24. The van der Waals surface area contributed by atoms with E-state index in [1.807, 2.05) is 48.5 Å². The van der Waals surface area contributed by atoms with Gasteiger partial charge in [0, 0.05) is 43.8 Å². The second-order valence-electron chi connectivity index (χ2n) is 7.44. The molecule has 6 nitrogen and oxygen atoms in total. The number of carbonyl (C=O) groups is 1. The molecule has 1 aliphatic heterocycles. The van der Waals surface area contributed by atoms with Crippen molar-refractivity contribution in [3.05, 3.63) is 65.6 Å². The zero-order chi connectivity index (χ0) is 22.4. The van der Waals surface area contributed by atoms with E-state index in [-0.39, 0.29) is 5.91 Å². The second kappa shape index (κ2) is 10.6. The van der Waals surface area contributed by atoms with Crippen molar-refractivity contribution in [3.8, 4) is 0 Å². The minimum Gasteiger partial charge on any atom is -0.340 e. The lowest BCUT2D eigenvalue weighted by molar-refractivity contribution is -0.132. The first-order valence-corrected chi connectivity index (χ1v) is 13.8. The third-order valence-electron chi connectivity index (χ3n) is 5.22. The number of hydrogen-bond acceptors (Lipinski definition) is 6. The molecule has 0 radical (unpaired) electrons. The molecule has 1 fully saturated rings. The second-order valence-corrected chi connectivity index (χ2v) is 11.6. The van der Waals surface area contributed by atoms with Crippen LogP contribution < -0.4 is 0 Å². The van der Waals surface area contributed by atoms with E-state index < -0.39 is 10.0 Å². The summed E-state index contributed by atoms with van der Waals surface area (Å²) in [6.45, 7) is 1.52. The van der Waals surface area contributed by atoms with Crippen LogP contribution in [0, 0.1) is 0 Å². The van der Waals surface area contributed by atoms with E-state index in [1.165, 1.54) is 14.4 Å². The molecule has 9 heteroatoms. The molecule has 168 valence electrons. The Bertz CT molecular complexity index is 1150. The van der Waals surface area contributed by atoms with E-state index in [1.54, 1.807) is 34.1 Å². The highest BCUT2D eigenvalue weighted by molar-refractivity contribution is 8.01. The third kappa shape index (κ3) is 5.98. The molecule has 2 aromatic carbocycles. The fraction of sp³-hybridized carbons (Fsp3) is 0.304. The Labute approximate surface area is 197 Å². The van der Waals surface area contributed by atoms with Gasteiger partial charge in [0.1, 0.15) is 0 Å². The number of rotatable bonds is 8. The molecule has 3 aromatic rings. The Kier molecular flexibility index (Phi) is 7.62. The van der Waals surface area contributed by atoms with Crippen LogP contribution in [0.5, 0.6) is 0 Å². The summed E-state index contributed by atoms with van der Waals surface area (Å²) in [5, 5.41) is 1.25. The number of fused-ring (bicyclic) bond motifs is 1. The van der Waals surface area contributed by atoms with Crippen molar-refractivity contribution in [2.75, 3.05) is 31.9 Å². The van der Waals surface area contributed by atoms with Gasteiger partial charge in [0.05, 0.1) is 10.2 Å². The van der Waals surface area contributed by atoms with Gasteiger partial charge in [0.2, 0.25) is 15.9 Å². The highest BCUT2D eigenvalue weighted by Gasteiger charge is 2.27. The number of carbonyl (C=O) groups excluding carboxylic acids is 1. The lowest BCUT2D eigenvalue weighted by Crippen LogP contribution is -2.50. The van der Waals surface area contributed by atoms with Gasteiger partial charge in [-0.3, -0.25) is 4.79 Å². The largest absolute Gasteiger partial charge is 0.340 e. The lowest BCUT2D eigenvalue weighted by Gasteiger charge is -2.33. The van der Waals surface area contributed by atoms with Crippen LogP contribution in [0.25, 0.3) is 16.3 Å². The number of thioether (sulfide) groups is 1. The summed E-state index contributed by atoms with van der Waals surface area (Å²) in [4.78, 5) is 18.9. The van der Waals surface area contributed by atoms with Crippen LogP contribution in [-0.2, 0) is 14.8 Å². The monoisotopic (exact) mass is 487 g/mol. The predicted molar refractivity (Wildman–Crippen MR) is 132 cm³/mol. The minimum atomic E-state index is -3.49. The molecule has 0 aliphatic carbocycles. The molecule has 1 aliphatic rings. The first-order chi connectivity index (χ1) is 15.5. The molecule has 1 saturated heterocycles. The molecule has 2 heterocycles. The molecular formula is C23H25N3O3S3. The van der Waals surface area contributed by atoms with E-state index >= 15 is 0 Å². The standard InChI is InChI=1S/C23H25N3O3S3/c27-22(11-6-17-30-23-24-20-9-4-5-10-21(20)31-23)25-13-15-26(16-14-25)32(28,29)18-12-19-7-2-1-3-8-19/h1-5,7-10,12,18H,6,11,13-17H2. The molecule has 0 atom stereocenters. The number of sulfonamides is 1. The first kappa shape index (κ1) is 23.0. The number of aromatic nitrogens is 1. The van der Waals surface area contributed by atoms with E-state index in [4.69, 9.17) is 0 Å². The SMILES string of the molecule is O=C(CCCSc1nc2ccccc2s1)N1CCN(S(=O)(=O)C=Cc2ccccc2)CC1. The van der Waals surface area contributed by atoms with Gasteiger partial charge in [-0.05, 0) is 30.2 Å². The summed E-state index contributed by atoms with van der Waals surface area (Å²) in [5.41, 5.74) is 1.86. The highest BCUT2D eigenvalue weighted by atomic mass is 32.2. The number of thiazole rings is 1. The Morgan fingerprint density at radius 2 is 1.75 bits per heavy atom. The number of piperazine rings is 1. The summed E-state index contributed by atoms with van der Waals surface area (Å²) < 4.78 is 28.8. The zero-order valence-electron chi connectivity index (χ0n) is 17.6. The van der Waals surface area contributed by atoms with Crippen molar-refractivity contribution >= 4 is 55.3 Å². The molecule has 0 N–H and O–H groups in total. The van der Waals surface area contributed by atoms with Gasteiger partial charge < -0.3 is 4.90 Å². The van der Waals surface area contributed by atoms with Gasteiger partial charge >= 0.3 is 0 Å². The molecule has 1 amide bonds. The van der Waals surface area contributed by atoms with Gasteiger partial charge in [0.15, 0.2) is 4.34 Å². The van der Waals surface area contributed by atoms with Crippen LogP contribution in [-0.4, -0.2) is 60.4 Å². The number of nitrogens with zero attached hydrogens (tertiary/aromatic N) is 3. The quantitative estimate of drug-likeness (QED) is 0.350. The summed E-state index contributed by atoms with van der Waals surface area (Å²) >= 11 is 3.36. The molecule has 0 bridgehead atoms. The number of amides is 1. The summed E-state index contributed by atoms with van der Waals surface area (Å²) in [6.07, 6.45) is 2.85. The number of hydrogen-bond donors (Lipinski definition) is 0. The molecule has 0 saturated carbocycles. The van der Waals surface area contributed by atoms with Gasteiger partial charge in [-0.1, -0.05) is 54.2 Å². The van der Waals surface area contributed by atoms with Gasteiger partial charge in [-0.15, -0.1) is 11.3 Å². The molecule has 4 rings (SSSR count). The first-order valence-electron chi connectivity index (χ1n) is 10.5. The van der Waals surface area contributed by atoms with E-state index in [2.05, 4.69) is 11.1 Å². The van der Waals surface area contributed by atoms with Crippen molar-refractivity contribution in [1.29, 1.82) is 0 Å². The van der Waals surface area contributed by atoms with Crippen LogP contribution in [0.4, 0.5) is 0 Å². The molecule has 0 unspecified atom stereocenters. The molecule has 32 heavy (non-hydrogen) atoms. The molecule has 0 spiro atoms. The lowest BCUT2D eigenvalue weighted by atomic mass is 10.2. The fourth-order valence-electron chi connectivity index (χ4n) is 3.46. The van der Waals surface area contributed by atoms with Crippen molar-refractivity contribution in [2.45, 2.75) is 17.2 Å². The van der Waals surface area contributed by atoms with Crippen molar-refractivity contribution < 1.29 is 13.2 Å². The minimum absolute atomic E-state index is 0.0896. The Balaban J connectivity index is 1.19. The van der Waals surface area contributed by atoms with Crippen LogP contribution in [0.2, 0.25) is 0 Å². The number of para-hydroxylation sites is 1. The van der Waals surface area contributed by atoms with E-state index in [9.17, 15) is 13.2 Å². The summed E-state index contributed by atoms with van der Waals surface area (Å²) in [7, 11) is -3.49. The fourth-order valence-corrected chi connectivity index (χ4v) is 6.71. The predicted octanol–water partition coefficient (Wildman–Crippen LogP) is 4.31. The van der Waals surface area contributed by atoms with Crippen LogP contribution in [0.15, 0.2) is 64.3 Å². The van der Waals surface area contributed by atoms with Crippen LogP contribution in [0.3, 0.4) is 0 Å². The molecular weight excluding hydrogens is 462 g/mol. The maximum absolute atomic E-state index is 12.6. The van der Waals surface area contributed by atoms with Crippen molar-refractivity contribution in [2.24, 2.45) is 0 Å². The van der Waals surface area contributed by atoms with Crippen molar-refractivity contribution in [1.82, 2.24) is 14.2 Å². The van der Waals surface area contributed by atoms with Crippen molar-refractivity contribution in [3.63, 3.8) is 0 Å². The maximum atomic E-state index is 12.6. The van der Waals surface area contributed by atoms with Gasteiger partial charge in [0.25, 0.3) is 0 Å². The van der Waals surface area contributed by atoms with E-state index in [0.29, 0.717) is 32.6 Å². The maximum Gasteiger partial charge on any atom is 0.236 e. The smallest absolute Gasteiger partial charge is 0.236 e. The Morgan fingerprint density at radius 3 is 2.50 bits per heavy atom. The van der Waals surface area contributed by atoms with Crippen LogP contribution >= 0.6 is 23.1 Å². The Morgan fingerprint density at radius 1 is 1.03 bits per heavy atom. The topological polar surface area (TPSA) is 70.6 Å². The zero-order valence-corrected chi connectivity index (χ0v) is 20.0. The third-order valence-corrected chi connectivity index (χ3v) is 9.05. The summed E-state index contributed by atoms with van der Waals surface area (Å²) in [5.74, 6) is 0.927. The average molecular weight is 488 g/mol. The summed E-state index contributed by atoms with van der Waals surface area (Å²) in [6, 6.07) is 17.4. The normalized spacial score (nSPS) is 15.6. The number of benzene rings is 2. The Hall–Kier alpha value is -2.20. The van der Waals surface area contributed by atoms with Gasteiger partial charge in [-0.25, -0.2) is 13.4 Å². The van der Waals surface area contributed by atoms with E-state index in [0.717, 1.165) is 27.6 Å². The van der Waals surface area contributed by atoms with Crippen LogP contribution in [0.1, 0.15) is 18.4 Å². The highest BCUT2D eigenvalue weighted by Crippen LogP contribution is 2.29. The van der Waals surface area contributed by atoms with Gasteiger partial charge in [-0.2, -0.15) is 4.31 Å².